The van der Waals surface area contributed by atoms with Gasteiger partial charge in [0, 0.05) is 10.7 Å². The van der Waals surface area contributed by atoms with Crippen molar-refractivity contribution in [2.45, 2.75) is 4.90 Å². The Hall–Kier alpha value is -0.000000000000000167. The van der Waals surface area contributed by atoms with Gasteiger partial charge in [-0.3, -0.25) is 4.79 Å². The lowest BCUT2D eigenvalue weighted by Crippen LogP contribution is -1.97. The molecule has 0 saturated carbocycles. The maximum absolute atomic E-state index is 11.0. The first-order valence-corrected chi connectivity index (χ1v) is 6.81. The van der Waals surface area contributed by atoms with Crippen molar-refractivity contribution >= 4 is 59.8 Å². The van der Waals surface area contributed by atoms with Gasteiger partial charge in [-0.1, -0.05) is 23.2 Å². The van der Waals surface area contributed by atoms with E-state index in [2.05, 4.69) is 0 Å². The van der Waals surface area contributed by atoms with Gasteiger partial charge in [-0.15, -0.1) is 0 Å². The van der Waals surface area contributed by atoms with Crippen molar-refractivity contribution in [3.05, 3.63) is 27.7 Å². The molecule has 0 aliphatic carbocycles. The van der Waals surface area contributed by atoms with Crippen LogP contribution in [0.1, 0.15) is 10.4 Å². The molecule has 0 N–H and O–H groups in total. The van der Waals surface area contributed by atoms with Crippen molar-refractivity contribution < 1.29 is 13.2 Å². The molecule has 0 bridgehead atoms. The highest BCUT2D eigenvalue weighted by Gasteiger charge is 2.19. The third-order valence-electron chi connectivity index (χ3n) is 1.50. The summed E-state index contributed by atoms with van der Waals surface area (Å²) in [5.74, 6) is 0. The molecule has 0 aliphatic heterocycles. The molecule has 0 aromatic heterocycles. The number of hydrogen-bond acceptors (Lipinski definition) is 3. The lowest BCUT2D eigenvalue weighted by atomic mass is 10.2. The average molecular weight is 308 g/mol. The molecule has 0 amide bonds. The summed E-state index contributed by atoms with van der Waals surface area (Å²) in [6.07, 6.45) is 0. The molecule has 3 nitrogen and oxygen atoms in total. The van der Waals surface area contributed by atoms with Gasteiger partial charge < -0.3 is 0 Å². The highest BCUT2D eigenvalue weighted by Crippen LogP contribution is 2.31. The largest absolute Gasteiger partial charge is 0.276 e. The van der Waals surface area contributed by atoms with Gasteiger partial charge in [0.1, 0.15) is 4.90 Å². The second-order valence-electron chi connectivity index (χ2n) is 2.47. The molecule has 15 heavy (non-hydrogen) atoms. The standard InChI is InChI=1S/C7H2Cl4O3S/c8-4-2-5(9)6(15(11,13)14)1-3(4)7(10)12/h1-2H. The normalized spacial score (nSPS) is 11.5. The van der Waals surface area contributed by atoms with E-state index in [-0.39, 0.29) is 15.6 Å². The molecule has 0 fully saturated rings. The summed E-state index contributed by atoms with van der Waals surface area (Å²) in [6.45, 7) is 0. The minimum Gasteiger partial charge on any atom is -0.276 e. The summed E-state index contributed by atoms with van der Waals surface area (Å²) >= 11 is 16.4. The van der Waals surface area contributed by atoms with Crippen LogP contribution >= 0.6 is 45.5 Å². The van der Waals surface area contributed by atoms with E-state index in [1.165, 1.54) is 0 Å². The van der Waals surface area contributed by atoms with E-state index in [1.54, 1.807) is 0 Å². The predicted molar refractivity (Wildman–Crippen MR) is 59.7 cm³/mol. The van der Waals surface area contributed by atoms with E-state index in [9.17, 15) is 13.2 Å². The molecule has 0 unspecified atom stereocenters. The summed E-state index contributed by atoms with van der Waals surface area (Å²) in [7, 11) is 1.05. The number of rotatable bonds is 2. The van der Waals surface area contributed by atoms with Crippen LogP contribution in [0.5, 0.6) is 0 Å². The molecule has 0 saturated heterocycles. The molecule has 8 heteroatoms. The fourth-order valence-corrected chi connectivity index (χ4v) is 2.90. The molecule has 1 rings (SSSR count). The van der Waals surface area contributed by atoms with Crippen LogP contribution in [-0.2, 0) is 9.05 Å². The monoisotopic (exact) mass is 306 g/mol. The first-order valence-electron chi connectivity index (χ1n) is 3.37. The van der Waals surface area contributed by atoms with Crippen molar-refractivity contribution in [3.63, 3.8) is 0 Å². The summed E-state index contributed by atoms with van der Waals surface area (Å²) < 4.78 is 22.0. The fraction of sp³-hybridized carbons (Fsp3) is 0. The van der Waals surface area contributed by atoms with Gasteiger partial charge >= 0.3 is 0 Å². The molecular formula is C7H2Cl4O3S. The summed E-state index contributed by atoms with van der Waals surface area (Å²) in [5.41, 5.74) is -0.165. The van der Waals surface area contributed by atoms with Crippen LogP contribution in [0.4, 0.5) is 0 Å². The van der Waals surface area contributed by atoms with Crippen LogP contribution in [0.2, 0.25) is 10.0 Å². The third kappa shape index (κ3) is 2.98. The zero-order valence-corrected chi connectivity index (χ0v) is 10.6. The zero-order valence-electron chi connectivity index (χ0n) is 6.80. The molecule has 0 heterocycles. The van der Waals surface area contributed by atoms with Crippen molar-refractivity contribution in [2.75, 3.05) is 0 Å². The van der Waals surface area contributed by atoms with Gasteiger partial charge in [-0.25, -0.2) is 8.42 Å². The maximum Gasteiger partial charge on any atom is 0.262 e. The lowest BCUT2D eigenvalue weighted by Gasteiger charge is -2.04. The Morgan fingerprint density at radius 2 is 1.67 bits per heavy atom. The molecule has 0 spiro atoms. The lowest BCUT2D eigenvalue weighted by molar-refractivity contribution is 0.108. The van der Waals surface area contributed by atoms with E-state index in [1.807, 2.05) is 0 Å². The van der Waals surface area contributed by atoms with Crippen LogP contribution in [0, 0.1) is 0 Å². The summed E-state index contributed by atoms with van der Waals surface area (Å²) in [6, 6.07) is 2.02. The highest BCUT2D eigenvalue weighted by atomic mass is 35.7. The van der Waals surface area contributed by atoms with Crippen molar-refractivity contribution in [1.82, 2.24) is 0 Å². The number of benzene rings is 1. The smallest absolute Gasteiger partial charge is 0.262 e. The van der Waals surface area contributed by atoms with Gasteiger partial charge in [0.15, 0.2) is 0 Å². The SMILES string of the molecule is O=C(Cl)c1cc(S(=O)(=O)Cl)c(Cl)cc1Cl. The van der Waals surface area contributed by atoms with Gasteiger partial charge in [0.25, 0.3) is 14.3 Å². The van der Waals surface area contributed by atoms with Gasteiger partial charge in [-0.2, -0.15) is 0 Å². The zero-order chi connectivity index (χ0) is 11.8. The molecule has 82 valence electrons. The Balaban J connectivity index is 3.58. The van der Waals surface area contributed by atoms with Crippen molar-refractivity contribution in [1.29, 1.82) is 0 Å². The number of carbonyl (C=O) groups is 1. The summed E-state index contributed by atoms with van der Waals surface area (Å²) in [4.78, 5) is 10.5. The quantitative estimate of drug-likeness (QED) is 0.788. The predicted octanol–water partition coefficient (Wildman–Crippen LogP) is 3.30. The Bertz CT molecular complexity index is 523. The van der Waals surface area contributed by atoms with Crippen LogP contribution < -0.4 is 0 Å². The number of carbonyl (C=O) groups excluding carboxylic acids is 1. The molecular weight excluding hydrogens is 306 g/mol. The van der Waals surface area contributed by atoms with Crippen molar-refractivity contribution in [3.8, 4) is 0 Å². The van der Waals surface area contributed by atoms with E-state index in [0.717, 1.165) is 12.1 Å². The summed E-state index contributed by atoms with van der Waals surface area (Å²) in [5, 5.41) is -1.10. The van der Waals surface area contributed by atoms with E-state index >= 15 is 0 Å². The van der Waals surface area contributed by atoms with Crippen molar-refractivity contribution in [2.24, 2.45) is 0 Å². The Labute approximate surface area is 105 Å². The Morgan fingerprint density at radius 1 is 1.13 bits per heavy atom. The number of halogens is 4. The number of hydrogen-bond donors (Lipinski definition) is 0. The average Bonchev–Trinajstić information content (AvgIpc) is 2.00. The Kier molecular flexibility index (Phi) is 3.90. The first-order chi connectivity index (χ1) is 6.73. The van der Waals surface area contributed by atoms with Gasteiger partial charge in [0.05, 0.1) is 15.6 Å². The van der Waals surface area contributed by atoms with Gasteiger partial charge in [-0.05, 0) is 23.7 Å². The second-order valence-corrected chi connectivity index (χ2v) is 6.17. The fourth-order valence-electron chi connectivity index (χ4n) is 0.867. The van der Waals surface area contributed by atoms with Crippen LogP contribution in [-0.4, -0.2) is 13.7 Å². The minimum atomic E-state index is -4.04. The van der Waals surface area contributed by atoms with E-state index in [4.69, 9.17) is 45.5 Å². The molecule has 0 radical (unpaired) electrons. The molecule has 0 aliphatic rings. The maximum atomic E-state index is 11.0. The molecule has 1 aromatic carbocycles. The van der Waals surface area contributed by atoms with Crippen LogP contribution in [0.3, 0.4) is 0 Å². The highest BCUT2D eigenvalue weighted by molar-refractivity contribution is 8.13. The minimum absolute atomic E-state index is 0.0379. The van der Waals surface area contributed by atoms with E-state index < -0.39 is 19.2 Å². The Morgan fingerprint density at radius 3 is 2.07 bits per heavy atom. The topological polar surface area (TPSA) is 51.2 Å². The third-order valence-corrected chi connectivity index (χ3v) is 3.80. The van der Waals surface area contributed by atoms with E-state index in [0.29, 0.717) is 0 Å². The second kappa shape index (κ2) is 4.47. The van der Waals surface area contributed by atoms with Crippen LogP contribution in [0.25, 0.3) is 0 Å². The molecule has 1 aromatic rings. The van der Waals surface area contributed by atoms with Crippen LogP contribution in [0.15, 0.2) is 17.0 Å². The van der Waals surface area contributed by atoms with Gasteiger partial charge in [0.2, 0.25) is 0 Å². The first kappa shape index (κ1) is 13.1. The molecule has 0 atom stereocenters.